The topological polar surface area (TPSA) is 112 Å². The summed E-state index contributed by atoms with van der Waals surface area (Å²) in [5.74, 6) is -1.25. The fourth-order valence-corrected chi connectivity index (χ4v) is 3.14. The van der Waals surface area contributed by atoms with E-state index in [1.807, 2.05) is 24.5 Å². The monoisotopic (exact) mass is 412 g/mol. The van der Waals surface area contributed by atoms with Crippen LogP contribution >= 0.6 is 11.6 Å². The number of fused-ring (bicyclic) bond motifs is 1. The van der Waals surface area contributed by atoms with Crippen LogP contribution in [0.5, 0.6) is 0 Å². The number of anilines is 1. The van der Waals surface area contributed by atoms with E-state index in [2.05, 4.69) is 5.32 Å². The highest BCUT2D eigenvalue weighted by Gasteiger charge is 2.17. The molecule has 29 heavy (non-hydrogen) atoms. The summed E-state index contributed by atoms with van der Waals surface area (Å²) in [5, 5.41) is 14.1. The molecule has 0 aliphatic heterocycles. The molecule has 1 amide bonds. The minimum atomic E-state index is -0.780. The van der Waals surface area contributed by atoms with E-state index in [1.165, 1.54) is 12.1 Å². The van der Waals surface area contributed by atoms with Crippen molar-refractivity contribution >= 4 is 40.0 Å². The van der Waals surface area contributed by atoms with Gasteiger partial charge in [-0.25, -0.2) is 4.79 Å². The predicted molar refractivity (Wildman–Crippen MR) is 107 cm³/mol. The zero-order chi connectivity index (χ0) is 20.5. The second-order valence-corrected chi connectivity index (χ2v) is 6.60. The Balaban J connectivity index is 1.62. The molecule has 0 spiro atoms. The third-order valence-corrected chi connectivity index (χ3v) is 4.52. The van der Waals surface area contributed by atoms with Gasteiger partial charge in [-0.2, -0.15) is 0 Å². The number of benzene rings is 2. The van der Waals surface area contributed by atoms with Crippen molar-refractivity contribution in [2.75, 3.05) is 5.32 Å². The summed E-state index contributed by atoms with van der Waals surface area (Å²) < 4.78 is 7.94. The Labute approximate surface area is 167 Å². The number of non-ortho nitro benzene ring substituents is 1. The largest absolute Gasteiger partial charge is 0.420 e. The lowest BCUT2D eigenvalue weighted by molar-refractivity contribution is -0.384. The molecule has 0 bridgehead atoms. The van der Waals surface area contributed by atoms with Gasteiger partial charge in [-0.05, 0) is 36.4 Å². The molecule has 1 N–H and O–H groups in total. The molecule has 2 aromatic carbocycles. The normalized spacial score (nSPS) is 10.9. The van der Waals surface area contributed by atoms with Crippen LogP contribution in [0.2, 0.25) is 5.02 Å². The van der Waals surface area contributed by atoms with Crippen LogP contribution in [0, 0.1) is 10.1 Å². The highest BCUT2D eigenvalue weighted by atomic mass is 35.5. The van der Waals surface area contributed by atoms with Crippen LogP contribution in [0.4, 0.5) is 11.4 Å². The molecule has 0 aliphatic rings. The van der Waals surface area contributed by atoms with Gasteiger partial charge in [0.2, 0.25) is 5.91 Å². The molecule has 2 heterocycles. The second kappa shape index (κ2) is 7.28. The van der Waals surface area contributed by atoms with Crippen molar-refractivity contribution in [3.8, 4) is 5.69 Å². The maximum atomic E-state index is 12.6. The Bertz CT molecular complexity index is 1290. The van der Waals surface area contributed by atoms with E-state index >= 15 is 0 Å². The van der Waals surface area contributed by atoms with Crippen molar-refractivity contribution in [1.29, 1.82) is 0 Å². The van der Waals surface area contributed by atoms with Gasteiger partial charge >= 0.3 is 5.76 Å². The van der Waals surface area contributed by atoms with E-state index in [9.17, 15) is 19.7 Å². The number of nitrogens with zero attached hydrogens (tertiary/aromatic N) is 3. The number of aromatic nitrogens is 2. The summed E-state index contributed by atoms with van der Waals surface area (Å²) in [4.78, 5) is 35.0. The molecule has 0 radical (unpaired) electrons. The lowest BCUT2D eigenvalue weighted by atomic mass is 10.2. The Morgan fingerprint density at radius 1 is 1.17 bits per heavy atom. The number of carbonyl (C=O) groups excluding carboxylic acids is 1. The highest BCUT2D eigenvalue weighted by molar-refractivity contribution is 6.31. The van der Waals surface area contributed by atoms with Crippen molar-refractivity contribution < 1.29 is 14.1 Å². The number of hydrogen-bond donors (Lipinski definition) is 1. The summed E-state index contributed by atoms with van der Waals surface area (Å²) in [5.41, 5.74) is 1.29. The quantitative estimate of drug-likeness (QED) is 0.397. The van der Waals surface area contributed by atoms with Crippen LogP contribution in [0.25, 0.3) is 16.8 Å². The standard InChI is InChI=1S/C19H13ClN4O5/c20-12-3-5-14(16(9-12)22-7-1-2-8-22)21-18(25)11-23-15-6-4-13(24(27)28)10-17(15)29-19(23)26/h1-10H,11H2,(H,21,25). The van der Waals surface area contributed by atoms with E-state index in [0.29, 0.717) is 16.4 Å². The number of rotatable bonds is 5. The van der Waals surface area contributed by atoms with E-state index in [4.69, 9.17) is 16.0 Å². The summed E-state index contributed by atoms with van der Waals surface area (Å²) in [7, 11) is 0. The first-order chi connectivity index (χ1) is 13.9. The lowest BCUT2D eigenvalue weighted by Crippen LogP contribution is -2.25. The molecule has 2 aromatic heterocycles. The van der Waals surface area contributed by atoms with Gasteiger partial charge in [-0.15, -0.1) is 0 Å². The molecule has 10 heteroatoms. The molecule has 146 valence electrons. The van der Waals surface area contributed by atoms with Gasteiger partial charge in [0.05, 0.1) is 27.9 Å². The zero-order valence-corrected chi connectivity index (χ0v) is 15.5. The van der Waals surface area contributed by atoms with Crippen molar-refractivity contribution in [1.82, 2.24) is 9.13 Å². The minimum absolute atomic E-state index is 0.0384. The van der Waals surface area contributed by atoms with Crippen molar-refractivity contribution in [3.05, 3.63) is 86.6 Å². The van der Waals surface area contributed by atoms with Crippen molar-refractivity contribution in [2.45, 2.75) is 6.54 Å². The van der Waals surface area contributed by atoms with E-state index in [-0.39, 0.29) is 23.3 Å². The number of oxazole rings is 1. The van der Waals surface area contributed by atoms with Gasteiger partial charge in [0.15, 0.2) is 5.58 Å². The molecule has 0 saturated heterocycles. The van der Waals surface area contributed by atoms with Crippen LogP contribution < -0.4 is 11.1 Å². The van der Waals surface area contributed by atoms with E-state index in [1.54, 1.807) is 22.8 Å². The predicted octanol–water partition coefficient (Wildman–Crippen LogP) is 3.59. The SMILES string of the molecule is O=C(Cn1c(=O)oc2cc([N+](=O)[O-])ccc21)Nc1ccc(Cl)cc1-n1cccc1. The molecule has 4 aromatic rings. The average Bonchev–Trinajstić information content (AvgIpc) is 3.31. The molecular formula is C19H13ClN4O5. The fourth-order valence-electron chi connectivity index (χ4n) is 2.97. The molecule has 0 atom stereocenters. The van der Waals surface area contributed by atoms with Gasteiger partial charge < -0.3 is 14.3 Å². The molecule has 9 nitrogen and oxygen atoms in total. The minimum Gasteiger partial charge on any atom is -0.407 e. The molecular weight excluding hydrogens is 400 g/mol. The smallest absolute Gasteiger partial charge is 0.407 e. The fraction of sp³-hybridized carbons (Fsp3) is 0.0526. The highest BCUT2D eigenvalue weighted by Crippen LogP contribution is 2.25. The summed E-state index contributed by atoms with van der Waals surface area (Å²) >= 11 is 6.07. The molecule has 4 rings (SSSR count). The van der Waals surface area contributed by atoms with Crippen LogP contribution in [0.1, 0.15) is 0 Å². The molecule has 0 fully saturated rings. The zero-order valence-electron chi connectivity index (χ0n) is 14.7. The van der Waals surface area contributed by atoms with Gasteiger partial charge in [0.25, 0.3) is 5.69 Å². The molecule has 0 unspecified atom stereocenters. The van der Waals surface area contributed by atoms with Gasteiger partial charge in [-0.1, -0.05) is 11.6 Å². The lowest BCUT2D eigenvalue weighted by Gasteiger charge is -2.13. The third-order valence-electron chi connectivity index (χ3n) is 4.28. The number of nitrogens with one attached hydrogen (secondary N) is 1. The summed E-state index contributed by atoms with van der Waals surface area (Å²) in [6, 6.07) is 12.4. The number of carbonyl (C=O) groups is 1. The number of nitro groups is 1. The first kappa shape index (κ1) is 18.5. The maximum absolute atomic E-state index is 12.6. The second-order valence-electron chi connectivity index (χ2n) is 6.16. The Hall–Kier alpha value is -3.85. The third kappa shape index (κ3) is 3.63. The van der Waals surface area contributed by atoms with Crippen LogP contribution in [0.3, 0.4) is 0 Å². The van der Waals surface area contributed by atoms with Gasteiger partial charge in [0, 0.05) is 23.5 Å². The summed E-state index contributed by atoms with van der Waals surface area (Å²) in [6.07, 6.45) is 3.62. The Morgan fingerprint density at radius 3 is 2.66 bits per heavy atom. The number of amides is 1. The van der Waals surface area contributed by atoms with Gasteiger partial charge in [-0.3, -0.25) is 19.5 Å². The van der Waals surface area contributed by atoms with Crippen molar-refractivity contribution in [3.63, 3.8) is 0 Å². The summed E-state index contributed by atoms with van der Waals surface area (Å²) in [6.45, 7) is -0.322. The first-order valence-electron chi connectivity index (χ1n) is 8.43. The maximum Gasteiger partial charge on any atom is 0.420 e. The van der Waals surface area contributed by atoms with E-state index in [0.717, 1.165) is 10.6 Å². The number of nitro benzene ring substituents is 1. The van der Waals surface area contributed by atoms with Crippen LogP contribution in [0.15, 0.2) is 70.1 Å². The Kier molecular flexibility index (Phi) is 4.65. The van der Waals surface area contributed by atoms with E-state index < -0.39 is 16.6 Å². The number of halogens is 1. The first-order valence-corrected chi connectivity index (χ1v) is 8.81. The number of hydrogen-bond acceptors (Lipinski definition) is 5. The van der Waals surface area contributed by atoms with Crippen LogP contribution in [-0.2, 0) is 11.3 Å². The average molecular weight is 413 g/mol. The van der Waals surface area contributed by atoms with Crippen LogP contribution in [-0.4, -0.2) is 20.0 Å². The van der Waals surface area contributed by atoms with Gasteiger partial charge in [0.1, 0.15) is 6.54 Å². The Morgan fingerprint density at radius 2 is 1.93 bits per heavy atom. The van der Waals surface area contributed by atoms with Crippen molar-refractivity contribution in [2.24, 2.45) is 0 Å². The molecule has 0 saturated carbocycles. The molecule has 0 aliphatic carbocycles.